The maximum atomic E-state index is 11.4. The number of ketones is 1. The Morgan fingerprint density at radius 3 is 2.42 bits per heavy atom. The smallest absolute Gasteiger partial charge is 0.303 e. The van der Waals surface area contributed by atoms with E-state index < -0.39 is 12.1 Å². The Balaban J connectivity index is 3.83. The molecule has 2 N–H and O–H groups in total. The van der Waals surface area contributed by atoms with Gasteiger partial charge in [-0.15, -0.1) is 0 Å². The molecule has 24 heavy (non-hydrogen) atoms. The Labute approximate surface area is 145 Å². The van der Waals surface area contributed by atoms with Gasteiger partial charge in [-0.2, -0.15) is 0 Å². The van der Waals surface area contributed by atoms with Crippen molar-refractivity contribution in [2.45, 2.75) is 64.4 Å². The van der Waals surface area contributed by atoms with Crippen molar-refractivity contribution in [3.63, 3.8) is 0 Å². The number of hydrogen-bond donors (Lipinski definition) is 2. The van der Waals surface area contributed by atoms with E-state index >= 15 is 0 Å². The Kier molecular flexibility index (Phi) is 14.6. The largest absolute Gasteiger partial charge is 0.481 e. The van der Waals surface area contributed by atoms with Gasteiger partial charge < -0.3 is 10.2 Å². The molecule has 0 aromatic carbocycles. The maximum absolute atomic E-state index is 11.4. The molecular formula is C20H30O4. The van der Waals surface area contributed by atoms with Crippen LogP contribution in [-0.2, 0) is 9.59 Å². The highest BCUT2D eigenvalue weighted by molar-refractivity contribution is 5.90. The first-order valence-electron chi connectivity index (χ1n) is 8.65. The highest BCUT2D eigenvalue weighted by Gasteiger charge is 1.99. The standard InChI is InChI=1S/C20H30O4/c1-2-3-4-5-6-9-13-18(21)14-10-7-8-11-15-19(22)16-12-17-20(23)24/h6-11,14-15,18,21H,2-5,12-13,16-17H2,1H3,(H,23,24)/b8-7-,9-6-,14-10+,15-11+. The summed E-state index contributed by atoms with van der Waals surface area (Å²) in [5.41, 5.74) is 0. The van der Waals surface area contributed by atoms with Crippen molar-refractivity contribution in [1.82, 2.24) is 0 Å². The van der Waals surface area contributed by atoms with E-state index in [1.165, 1.54) is 25.3 Å². The Morgan fingerprint density at radius 2 is 1.71 bits per heavy atom. The summed E-state index contributed by atoms with van der Waals surface area (Å²) in [5, 5.41) is 18.2. The number of aliphatic carboxylic acids is 1. The average Bonchev–Trinajstić information content (AvgIpc) is 2.53. The quantitative estimate of drug-likeness (QED) is 0.214. The number of carboxylic acids is 1. The molecule has 0 fully saturated rings. The number of carbonyl (C=O) groups is 2. The first-order valence-corrected chi connectivity index (χ1v) is 8.65. The highest BCUT2D eigenvalue weighted by Crippen LogP contribution is 2.02. The third-order valence-corrected chi connectivity index (χ3v) is 3.28. The number of rotatable bonds is 14. The average molecular weight is 334 g/mol. The van der Waals surface area contributed by atoms with E-state index in [0.29, 0.717) is 12.8 Å². The van der Waals surface area contributed by atoms with Gasteiger partial charge in [-0.1, -0.05) is 62.3 Å². The molecule has 0 spiro atoms. The fourth-order valence-corrected chi connectivity index (χ4v) is 1.93. The summed E-state index contributed by atoms with van der Waals surface area (Å²) in [6.07, 6.45) is 19.5. The van der Waals surface area contributed by atoms with E-state index in [9.17, 15) is 14.7 Å². The monoisotopic (exact) mass is 334 g/mol. The molecule has 0 aromatic heterocycles. The van der Waals surface area contributed by atoms with E-state index in [0.717, 1.165) is 6.42 Å². The van der Waals surface area contributed by atoms with Crippen LogP contribution in [0.3, 0.4) is 0 Å². The molecule has 0 rings (SSSR count). The lowest BCUT2D eigenvalue weighted by Gasteiger charge is -1.99. The van der Waals surface area contributed by atoms with Crippen molar-refractivity contribution >= 4 is 11.8 Å². The van der Waals surface area contributed by atoms with Crippen molar-refractivity contribution in [3.05, 3.63) is 48.6 Å². The van der Waals surface area contributed by atoms with Crippen molar-refractivity contribution < 1.29 is 19.8 Å². The first-order chi connectivity index (χ1) is 11.6. The Morgan fingerprint density at radius 1 is 0.958 bits per heavy atom. The SMILES string of the molecule is CCCCC/C=C\CC(O)/C=C/C=C\C=C\C(=O)CCCC(=O)O. The van der Waals surface area contributed by atoms with Crippen LogP contribution in [0, 0.1) is 0 Å². The fourth-order valence-electron chi connectivity index (χ4n) is 1.93. The zero-order chi connectivity index (χ0) is 18.0. The lowest BCUT2D eigenvalue weighted by molar-refractivity contribution is -0.137. The van der Waals surface area contributed by atoms with Crippen LogP contribution in [0.4, 0.5) is 0 Å². The number of carbonyl (C=O) groups excluding carboxylic acids is 1. The molecule has 0 bridgehead atoms. The van der Waals surface area contributed by atoms with Crippen LogP contribution in [-0.4, -0.2) is 28.1 Å². The minimum Gasteiger partial charge on any atom is -0.481 e. The number of unbranched alkanes of at least 4 members (excludes halogenated alkanes) is 3. The zero-order valence-corrected chi connectivity index (χ0v) is 14.6. The molecule has 0 saturated heterocycles. The van der Waals surface area contributed by atoms with E-state index in [1.54, 1.807) is 30.4 Å². The summed E-state index contributed by atoms with van der Waals surface area (Å²) in [6, 6.07) is 0. The summed E-state index contributed by atoms with van der Waals surface area (Å²) >= 11 is 0. The summed E-state index contributed by atoms with van der Waals surface area (Å²) in [6.45, 7) is 2.18. The lowest BCUT2D eigenvalue weighted by atomic mass is 10.1. The van der Waals surface area contributed by atoms with Crippen LogP contribution in [0.5, 0.6) is 0 Å². The number of aliphatic hydroxyl groups excluding tert-OH is 1. The van der Waals surface area contributed by atoms with Gasteiger partial charge in [0.15, 0.2) is 5.78 Å². The molecule has 4 nitrogen and oxygen atoms in total. The van der Waals surface area contributed by atoms with Crippen molar-refractivity contribution in [3.8, 4) is 0 Å². The van der Waals surface area contributed by atoms with Crippen LogP contribution in [0.1, 0.15) is 58.3 Å². The van der Waals surface area contributed by atoms with Gasteiger partial charge in [0.25, 0.3) is 0 Å². The molecule has 0 saturated carbocycles. The molecule has 0 heterocycles. The van der Waals surface area contributed by atoms with Crippen molar-refractivity contribution in [1.29, 1.82) is 0 Å². The van der Waals surface area contributed by atoms with Crippen LogP contribution < -0.4 is 0 Å². The lowest BCUT2D eigenvalue weighted by Crippen LogP contribution is -1.98. The number of hydrogen-bond acceptors (Lipinski definition) is 3. The van der Waals surface area contributed by atoms with Crippen LogP contribution >= 0.6 is 0 Å². The molecule has 0 radical (unpaired) electrons. The van der Waals surface area contributed by atoms with Gasteiger partial charge >= 0.3 is 5.97 Å². The van der Waals surface area contributed by atoms with E-state index in [4.69, 9.17) is 5.11 Å². The minimum atomic E-state index is -0.883. The van der Waals surface area contributed by atoms with Crippen LogP contribution in [0.2, 0.25) is 0 Å². The fraction of sp³-hybridized carbons (Fsp3) is 0.500. The zero-order valence-electron chi connectivity index (χ0n) is 14.6. The van der Waals surface area contributed by atoms with Gasteiger partial charge in [-0.05, 0) is 31.8 Å². The maximum Gasteiger partial charge on any atom is 0.303 e. The molecule has 1 atom stereocenters. The van der Waals surface area contributed by atoms with Gasteiger partial charge in [0.2, 0.25) is 0 Å². The van der Waals surface area contributed by atoms with E-state index in [-0.39, 0.29) is 18.6 Å². The second kappa shape index (κ2) is 15.9. The van der Waals surface area contributed by atoms with Gasteiger partial charge in [0.05, 0.1) is 6.10 Å². The summed E-state index contributed by atoms with van der Waals surface area (Å²) in [4.78, 5) is 21.7. The van der Waals surface area contributed by atoms with Crippen LogP contribution in [0.15, 0.2) is 48.6 Å². The molecule has 0 aliphatic carbocycles. The van der Waals surface area contributed by atoms with Gasteiger partial charge in [0.1, 0.15) is 0 Å². The highest BCUT2D eigenvalue weighted by atomic mass is 16.4. The normalized spacial score (nSPS) is 13.6. The van der Waals surface area contributed by atoms with Crippen molar-refractivity contribution in [2.75, 3.05) is 0 Å². The van der Waals surface area contributed by atoms with Crippen LogP contribution in [0.25, 0.3) is 0 Å². The van der Waals surface area contributed by atoms with E-state index in [1.807, 2.05) is 6.08 Å². The third-order valence-electron chi connectivity index (χ3n) is 3.28. The molecule has 0 aromatic rings. The topological polar surface area (TPSA) is 74.6 Å². The van der Waals surface area contributed by atoms with Crippen molar-refractivity contribution in [2.24, 2.45) is 0 Å². The molecular weight excluding hydrogens is 304 g/mol. The minimum absolute atomic E-state index is 0.0170. The second-order valence-corrected chi connectivity index (χ2v) is 5.61. The second-order valence-electron chi connectivity index (χ2n) is 5.61. The Hall–Kier alpha value is -1.94. The van der Waals surface area contributed by atoms with Gasteiger partial charge in [-0.25, -0.2) is 0 Å². The number of carboxylic acid groups (broad SMARTS) is 1. The summed E-state index contributed by atoms with van der Waals surface area (Å²) in [7, 11) is 0. The molecule has 4 heteroatoms. The molecule has 134 valence electrons. The predicted molar refractivity (Wildman–Crippen MR) is 97.8 cm³/mol. The molecule has 0 amide bonds. The molecule has 1 unspecified atom stereocenters. The van der Waals surface area contributed by atoms with E-state index in [2.05, 4.69) is 13.0 Å². The summed E-state index contributed by atoms with van der Waals surface area (Å²) < 4.78 is 0. The first kappa shape index (κ1) is 22.1. The summed E-state index contributed by atoms with van der Waals surface area (Å²) in [5.74, 6) is -0.968. The molecule has 0 aliphatic heterocycles. The molecule has 0 aliphatic rings. The number of allylic oxidation sites excluding steroid dienone is 6. The van der Waals surface area contributed by atoms with Gasteiger partial charge in [-0.3, -0.25) is 9.59 Å². The number of aliphatic hydroxyl groups is 1. The van der Waals surface area contributed by atoms with Gasteiger partial charge in [0, 0.05) is 12.8 Å². The Bertz CT molecular complexity index is 458. The third kappa shape index (κ3) is 16.4. The predicted octanol–water partition coefficient (Wildman–Crippen LogP) is 4.37.